The molecule has 0 atom stereocenters. The van der Waals surface area contributed by atoms with Crippen LogP contribution in [-0.2, 0) is 16.8 Å². The van der Waals surface area contributed by atoms with E-state index < -0.39 is 10.2 Å². The number of rotatable bonds is 7. The van der Waals surface area contributed by atoms with Crippen molar-refractivity contribution in [3.05, 3.63) is 23.8 Å². The summed E-state index contributed by atoms with van der Waals surface area (Å²) >= 11 is 0. The molecule has 0 saturated carbocycles. The first-order chi connectivity index (χ1) is 8.52. The van der Waals surface area contributed by atoms with Crippen molar-refractivity contribution in [1.82, 2.24) is 4.72 Å². The predicted octanol–water partition coefficient (Wildman–Crippen LogP) is 0.810. The van der Waals surface area contributed by atoms with Crippen LogP contribution >= 0.6 is 0 Å². The molecule has 0 radical (unpaired) electrons. The fourth-order valence-corrected chi connectivity index (χ4v) is 2.37. The van der Waals surface area contributed by atoms with Gasteiger partial charge in [-0.25, -0.2) is 0 Å². The first-order valence-electron chi connectivity index (χ1n) is 5.66. The summed E-state index contributed by atoms with van der Waals surface area (Å²) in [5.74, 6) is 0.444. The summed E-state index contributed by atoms with van der Waals surface area (Å²) in [6, 6.07) is 5.09. The second-order valence-electron chi connectivity index (χ2n) is 3.74. The summed E-state index contributed by atoms with van der Waals surface area (Å²) in [7, 11) is -2.08. The van der Waals surface area contributed by atoms with Crippen LogP contribution < -0.4 is 19.9 Å². The van der Waals surface area contributed by atoms with E-state index >= 15 is 0 Å². The molecule has 18 heavy (non-hydrogen) atoms. The molecule has 1 aromatic carbocycles. The summed E-state index contributed by atoms with van der Waals surface area (Å²) in [4.78, 5) is 0. The number of hydrogen-bond donors (Lipinski definition) is 3. The van der Waals surface area contributed by atoms with E-state index in [0.717, 1.165) is 12.0 Å². The van der Waals surface area contributed by atoms with Crippen LogP contribution in [0.5, 0.6) is 5.75 Å². The molecule has 102 valence electrons. The third-order valence-electron chi connectivity index (χ3n) is 2.29. The largest absolute Gasteiger partial charge is 0.495 e. The van der Waals surface area contributed by atoms with E-state index in [-0.39, 0.29) is 0 Å². The first-order valence-corrected chi connectivity index (χ1v) is 7.15. The lowest BCUT2D eigenvalue weighted by Gasteiger charge is -2.13. The Morgan fingerprint density at radius 2 is 2.11 bits per heavy atom. The Morgan fingerprint density at radius 1 is 1.39 bits per heavy atom. The average molecular weight is 273 g/mol. The zero-order valence-corrected chi connectivity index (χ0v) is 11.4. The van der Waals surface area contributed by atoms with Gasteiger partial charge in [0.15, 0.2) is 0 Å². The molecule has 6 nitrogen and oxygen atoms in total. The molecular formula is C11H19N3O3S. The summed E-state index contributed by atoms with van der Waals surface area (Å²) in [6.07, 6.45) is 0.726. The van der Waals surface area contributed by atoms with Crippen LogP contribution in [0.1, 0.15) is 18.9 Å². The minimum absolute atomic E-state index is 0.372. The lowest BCUT2D eigenvalue weighted by Crippen LogP contribution is -2.30. The number of ether oxygens (including phenoxy) is 1. The maximum absolute atomic E-state index is 11.7. The highest BCUT2D eigenvalue weighted by atomic mass is 32.2. The maximum atomic E-state index is 11.7. The molecule has 0 fully saturated rings. The maximum Gasteiger partial charge on any atom is 0.299 e. The lowest BCUT2D eigenvalue weighted by molar-refractivity contribution is 0.416. The smallest absolute Gasteiger partial charge is 0.299 e. The van der Waals surface area contributed by atoms with E-state index in [1.807, 2.05) is 6.92 Å². The van der Waals surface area contributed by atoms with Gasteiger partial charge in [-0.05, 0) is 24.1 Å². The average Bonchev–Trinajstić information content (AvgIpc) is 2.36. The molecule has 0 unspecified atom stereocenters. The van der Waals surface area contributed by atoms with Gasteiger partial charge in [0.25, 0.3) is 10.2 Å². The van der Waals surface area contributed by atoms with E-state index in [2.05, 4.69) is 9.44 Å². The van der Waals surface area contributed by atoms with Crippen LogP contribution in [0.2, 0.25) is 0 Å². The van der Waals surface area contributed by atoms with E-state index in [0.29, 0.717) is 24.5 Å². The highest BCUT2D eigenvalue weighted by Gasteiger charge is 2.12. The Labute approximate surface area is 108 Å². The molecule has 0 aliphatic rings. The second kappa shape index (κ2) is 6.58. The molecule has 0 heterocycles. The highest BCUT2D eigenvalue weighted by molar-refractivity contribution is 7.90. The zero-order chi connectivity index (χ0) is 13.6. The summed E-state index contributed by atoms with van der Waals surface area (Å²) < 4.78 is 33.3. The van der Waals surface area contributed by atoms with Crippen molar-refractivity contribution < 1.29 is 13.2 Å². The van der Waals surface area contributed by atoms with Gasteiger partial charge in [0.05, 0.1) is 12.8 Å². The van der Waals surface area contributed by atoms with Crippen LogP contribution in [-0.4, -0.2) is 22.1 Å². The predicted molar refractivity (Wildman–Crippen MR) is 71.7 cm³/mol. The van der Waals surface area contributed by atoms with Crippen molar-refractivity contribution in [2.45, 2.75) is 19.9 Å². The third-order valence-corrected chi connectivity index (χ3v) is 3.36. The number of anilines is 1. The van der Waals surface area contributed by atoms with Gasteiger partial charge in [-0.2, -0.15) is 13.1 Å². The Morgan fingerprint density at radius 3 is 2.67 bits per heavy atom. The molecule has 0 aliphatic carbocycles. The van der Waals surface area contributed by atoms with Crippen molar-refractivity contribution >= 4 is 15.9 Å². The van der Waals surface area contributed by atoms with E-state index in [4.69, 9.17) is 10.5 Å². The van der Waals surface area contributed by atoms with Crippen molar-refractivity contribution in [2.75, 3.05) is 18.4 Å². The van der Waals surface area contributed by atoms with Crippen molar-refractivity contribution in [1.29, 1.82) is 0 Å². The van der Waals surface area contributed by atoms with Gasteiger partial charge < -0.3 is 10.5 Å². The van der Waals surface area contributed by atoms with Crippen molar-refractivity contribution in [3.63, 3.8) is 0 Å². The number of nitrogens with two attached hydrogens (primary N) is 1. The minimum atomic E-state index is -3.56. The van der Waals surface area contributed by atoms with E-state index in [1.54, 1.807) is 18.2 Å². The van der Waals surface area contributed by atoms with Gasteiger partial charge in [-0.1, -0.05) is 13.0 Å². The van der Waals surface area contributed by atoms with Crippen LogP contribution in [0.25, 0.3) is 0 Å². The van der Waals surface area contributed by atoms with Crippen molar-refractivity contribution in [2.24, 2.45) is 5.73 Å². The summed E-state index contributed by atoms with van der Waals surface area (Å²) in [5.41, 5.74) is 6.77. The molecule has 1 aromatic rings. The second-order valence-corrected chi connectivity index (χ2v) is 5.24. The monoisotopic (exact) mass is 273 g/mol. The Balaban J connectivity index is 2.90. The molecule has 1 rings (SSSR count). The Hall–Kier alpha value is -1.31. The Kier molecular flexibility index (Phi) is 5.39. The van der Waals surface area contributed by atoms with Crippen molar-refractivity contribution in [3.8, 4) is 5.75 Å². The van der Waals surface area contributed by atoms with Gasteiger partial charge in [0, 0.05) is 13.1 Å². The number of nitrogens with one attached hydrogen (secondary N) is 2. The van der Waals surface area contributed by atoms with Crippen LogP contribution in [0, 0.1) is 0 Å². The number of benzene rings is 1. The van der Waals surface area contributed by atoms with Crippen LogP contribution in [0.3, 0.4) is 0 Å². The standard InChI is InChI=1S/C11H19N3O3S/c1-3-6-13-18(15,16)14-10-5-4-9(8-12)7-11(10)17-2/h4-5,7,13-14H,3,6,8,12H2,1-2H3. The lowest BCUT2D eigenvalue weighted by atomic mass is 10.2. The molecule has 0 saturated heterocycles. The third kappa shape index (κ3) is 4.17. The summed E-state index contributed by atoms with van der Waals surface area (Å²) in [6.45, 7) is 2.65. The van der Waals surface area contributed by atoms with Gasteiger partial charge in [-0.15, -0.1) is 0 Å². The van der Waals surface area contributed by atoms with Gasteiger partial charge in [0.2, 0.25) is 0 Å². The van der Waals surface area contributed by atoms with Gasteiger partial charge >= 0.3 is 0 Å². The molecule has 0 spiro atoms. The molecular weight excluding hydrogens is 254 g/mol. The first kappa shape index (κ1) is 14.7. The van der Waals surface area contributed by atoms with E-state index in [9.17, 15) is 8.42 Å². The Bertz CT molecular complexity index is 488. The topological polar surface area (TPSA) is 93.5 Å². The molecule has 0 bridgehead atoms. The van der Waals surface area contributed by atoms with Gasteiger partial charge in [0.1, 0.15) is 5.75 Å². The van der Waals surface area contributed by atoms with Crippen LogP contribution in [0.4, 0.5) is 5.69 Å². The number of hydrogen-bond acceptors (Lipinski definition) is 4. The molecule has 4 N–H and O–H groups in total. The molecule has 7 heteroatoms. The zero-order valence-electron chi connectivity index (χ0n) is 10.6. The fraction of sp³-hybridized carbons (Fsp3) is 0.455. The number of methoxy groups -OCH3 is 1. The quantitative estimate of drug-likeness (QED) is 0.685. The van der Waals surface area contributed by atoms with E-state index in [1.165, 1.54) is 7.11 Å². The minimum Gasteiger partial charge on any atom is -0.495 e. The fourth-order valence-electron chi connectivity index (χ4n) is 1.36. The SMILES string of the molecule is CCCNS(=O)(=O)Nc1ccc(CN)cc1OC. The molecule has 0 aromatic heterocycles. The summed E-state index contributed by atoms with van der Waals surface area (Å²) in [5, 5.41) is 0. The highest BCUT2D eigenvalue weighted by Crippen LogP contribution is 2.26. The van der Waals surface area contributed by atoms with Gasteiger partial charge in [-0.3, -0.25) is 4.72 Å². The van der Waals surface area contributed by atoms with Crippen LogP contribution in [0.15, 0.2) is 18.2 Å². The molecule has 0 amide bonds. The molecule has 0 aliphatic heterocycles. The normalized spacial score (nSPS) is 11.3.